The summed E-state index contributed by atoms with van der Waals surface area (Å²) in [5.74, 6) is -1.12. The Morgan fingerprint density at radius 2 is 1.80 bits per heavy atom. The number of carbonyl (C=O) groups excluding carboxylic acids is 1. The molecule has 1 aliphatic carbocycles. The van der Waals surface area contributed by atoms with E-state index in [0.717, 1.165) is 0 Å². The lowest BCUT2D eigenvalue weighted by atomic mass is 9.84. The number of benzene rings is 2. The van der Waals surface area contributed by atoms with Gasteiger partial charge in [0.2, 0.25) is 0 Å². The lowest BCUT2D eigenvalue weighted by molar-refractivity contribution is 0.0848. The van der Waals surface area contributed by atoms with E-state index < -0.39 is 11.9 Å². The molecule has 0 heterocycles. The fourth-order valence-electron chi connectivity index (χ4n) is 2.87. The van der Waals surface area contributed by atoms with Gasteiger partial charge in [0.15, 0.2) is 5.78 Å². The maximum absolute atomic E-state index is 12.0. The Labute approximate surface area is 114 Å². The van der Waals surface area contributed by atoms with Crippen molar-refractivity contribution in [1.82, 2.24) is 0 Å². The van der Waals surface area contributed by atoms with Gasteiger partial charge < -0.3 is 20.4 Å². The Hall–Kier alpha value is -2.27. The molecule has 5 heteroatoms. The monoisotopic (exact) mass is 274 g/mol. The van der Waals surface area contributed by atoms with Crippen LogP contribution < -0.4 is 0 Å². The highest BCUT2D eigenvalue weighted by atomic mass is 16.3. The number of aliphatic hydroxyl groups is 1. The zero-order chi connectivity index (χ0) is 14.6. The third-order valence-corrected chi connectivity index (χ3v) is 3.72. The van der Waals surface area contributed by atoms with Crippen molar-refractivity contribution in [3.8, 4) is 17.2 Å². The van der Waals surface area contributed by atoms with Crippen LogP contribution in [0.5, 0.6) is 17.2 Å². The number of Topliss-reactive ketones (excluding diaryl/α,β-unsaturated/α-hetero) is 1. The molecule has 0 bridgehead atoms. The molecule has 20 heavy (non-hydrogen) atoms. The summed E-state index contributed by atoms with van der Waals surface area (Å²) in [5, 5.41) is 40.6. The molecule has 0 fully saturated rings. The first-order valence-electron chi connectivity index (χ1n) is 6.31. The van der Waals surface area contributed by atoms with Crippen molar-refractivity contribution in [2.75, 3.05) is 0 Å². The summed E-state index contributed by atoms with van der Waals surface area (Å²) >= 11 is 0. The first-order chi connectivity index (χ1) is 9.40. The molecule has 3 rings (SSSR count). The number of ketones is 1. The maximum atomic E-state index is 12.0. The van der Waals surface area contributed by atoms with Gasteiger partial charge in [-0.1, -0.05) is 0 Å². The number of carbonyl (C=O) groups is 1. The van der Waals surface area contributed by atoms with Gasteiger partial charge in [-0.05, 0) is 24.6 Å². The molecule has 0 saturated carbocycles. The van der Waals surface area contributed by atoms with Crippen molar-refractivity contribution in [1.29, 1.82) is 0 Å². The smallest absolute Gasteiger partial charge is 0.169 e. The maximum Gasteiger partial charge on any atom is 0.169 e. The lowest BCUT2D eigenvalue weighted by Gasteiger charge is -2.23. The molecule has 0 aromatic heterocycles. The van der Waals surface area contributed by atoms with Gasteiger partial charge in [0, 0.05) is 23.8 Å². The van der Waals surface area contributed by atoms with Crippen molar-refractivity contribution in [2.24, 2.45) is 0 Å². The summed E-state index contributed by atoms with van der Waals surface area (Å²) in [7, 11) is 0. The van der Waals surface area contributed by atoms with Crippen LogP contribution in [0.3, 0.4) is 0 Å². The zero-order valence-electron chi connectivity index (χ0n) is 10.8. The summed E-state index contributed by atoms with van der Waals surface area (Å²) in [4.78, 5) is 12.0. The standard InChI is InChI=1S/C15H14O5/c1-6-2-8-12(10(17)3-6)15(20)13-9(14(8)19)4-7(16)5-11(13)18/h2-3,7,16-17,19-20H,4-5H2,1H3/t7-/m1/s1. The van der Waals surface area contributed by atoms with Gasteiger partial charge in [-0.3, -0.25) is 4.79 Å². The average Bonchev–Trinajstić information content (AvgIpc) is 2.34. The molecule has 0 unspecified atom stereocenters. The molecule has 2 aromatic rings. The van der Waals surface area contributed by atoms with E-state index >= 15 is 0 Å². The number of fused-ring (bicyclic) bond motifs is 2. The number of phenolic OH excluding ortho intramolecular Hbond substituents is 3. The van der Waals surface area contributed by atoms with E-state index in [-0.39, 0.29) is 52.0 Å². The third kappa shape index (κ3) is 1.63. The highest BCUT2D eigenvalue weighted by molar-refractivity contribution is 6.11. The topological polar surface area (TPSA) is 98.0 Å². The van der Waals surface area contributed by atoms with Crippen LogP contribution in [0.2, 0.25) is 0 Å². The van der Waals surface area contributed by atoms with Crippen LogP contribution in [-0.2, 0) is 6.42 Å². The molecule has 0 radical (unpaired) electrons. The van der Waals surface area contributed by atoms with Crippen LogP contribution in [0.1, 0.15) is 27.9 Å². The van der Waals surface area contributed by atoms with E-state index in [1.165, 1.54) is 6.07 Å². The highest BCUT2D eigenvalue weighted by Gasteiger charge is 2.31. The number of rotatable bonds is 0. The molecule has 0 aliphatic heterocycles. The summed E-state index contributed by atoms with van der Waals surface area (Å²) in [6.45, 7) is 1.75. The first kappa shape index (κ1) is 12.7. The van der Waals surface area contributed by atoms with Crippen molar-refractivity contribution in [2.45, 2.75) is 25.9 Å². The molecule has 0 spiro atoms. The Balaban J connectivity index is 2.48. The molecular weight excluding hydrogens is 260 g/mol. The van der Waals surface area contributed by atoms with Crippen molar-refractivity contribution in [3.63, 3.8) is 0 Å². The molecule has 0 saturated heterocycles. The van der Waals surface area contributed by atoms with Gasteiger partial charge in [-0.25, -0.2) is 0 Å². The van der Waals surface area contributed by atoms with Gasteiger partial charge in [0.1, 0.15) is 17.2 Å². The fraction of sp³-hybridized carbons (Fsp3) is 0.267. The predicted octanol–water partition coefficient (Wildman–Crippen LogP) is 1.75. The molecule has 4 N–H and O–H groups in total. The van der Waals surface area contributed by atoms with Gasteiger partial charge in [0.25, 0.3) is 0 Å². The normalized spacial score (nSPS) is 18.3. The second kappa shape index (κ2) is 4.11. The molecular formula is C15H14O5. The summed E-state index contributed by atoms with van der Waals surface area (Å²) < 4.78 is 0. The summed E-state index contributed by atoms with van der Waals surface area (Å²) in [6, 6.07) is 3.08. The number of aliphatic hydroxyl groups excluding tert-OH is 1. The second-order valence-corrected chi connectivity index (χ2v) is 5.24. The van der Waals surface area contributed by atoms with E-state index in [1.807, 2.05) is 0 Å². The van der Waals surface area contributed by atoms with Gasteiger partial charge in [-0.15, -0.1) is 0 Å². The van der Waals surface area contributed by atoms with E-state index in [9.17, 15) is 25.2 Å². The first-order valence-corrected chi connectivity index (χ1v) is 6.31. The molecule has 1 atom stereocenters. The minimum atomic E-state index is -0.865. The quantitative estimate of drug-likeness (QED) is 0.549. The Morgan fingerprint density at radius 3 is 2.50 bits per heavy atom. The predicted molar refractivity (Wildman–Crippen MR) is 72.3 cm³/mol. The van der Waals surface area contributed by atoms with E-state index in [4.69, 9.17) is 0 Å². The van der Waals surface area contributed by atoms with Crippen LogP contribution in [0, 0.1) is 6.92 Å². The Kier molecular flexibility index (Phi) is 2.62. The van der Waals surface area contributed by atoms with Gasteiger partial charge in [0.05, 0.1) is 17.1 Å². The van der Waals surface area contributed by atoms with Crippen LogP contribution >= 0.6 is 0 Å². The fourth-order valence-corrected chi connectivity index (χ4v) is 2.87. The van der Waals surface area contributed by atoms with Crippen molar-refractivity contribution >= 4 is 16.6 Å². The van der Waals surface area contributed by atoms with Crippen LogP contribution in [0.15, 0.2) is 12.1 Å². The number of aryl methyl sites for hydroxylation is 1. The molecule has 2 aromatic carbocycles. The van der Waals surface area contributed by atoms with Crippen LogP contribution in [-0.4, -0.2) is 32.3 Å². The largest absolute Gasteiger partial charge is 0.507 e. The van der Waals surface area contributed by atoms with Crippen molar-refractivity contribution < 1.29 is 25.2 Å². The molecule has 0 amide bonds. The SMILES string of the molecule is Cc1cc(O)c2c(O)c3c(c(O)c2c1)C[C@@H](O)CC3=O. The average molecular weight is 274 g/mol. The van der Waals surface area contributed by atoms with Gasteiger partial charge >= 0.3 is 0 Å². The number of phenols is 3. The van der Waals surface area contributed by atoms with E-state index in [0.29, 0.717) is 5.56 Å². The number of hydrogen-bond donors (Lipinski definition) is 4. The minimum absolute atomic E-state index is 0.000506. The molecule has 1 aliphatic rings. The van der Waals surface area contributed by atoms with Crippen LogP contribution in [0.25, 0.3) is 10.8 Å². The highest BCUT2D eigenvalue weighted by Crippen LogP contribution is 2.46. The number of hydrogen-bond acceptors (Lipinski definition) is 5. The minimum Gasteiger partial charge on any atom is -0.507 e. The van der Waals surface area contributed by atoms with Gasteiger partial charge in [-0.2, -0.15) is 0 Å². The Bertz CT molecular complexity index is 748. The van der Waals surface area contributed by atoms with Crippen LogP contribution in [0.4, 0.5) is 0 Å². The third-order valence-electron chi connectivity index (χ3n) is 3.72. The lowest BCUT2D eigenvalue weighted by Crippen LogP contribution is -2.24. The van der Waals surface area contributed by atoms with E-state index in [2.05, 4.69) is 0 Å². The Morgan fingerprint density at radius 1 is 1.10 bits per heavy atom. The van der Waals surface area contributed by atoms with E-state index in [1.54, 1.807) is 13.0 Å². The second-order valence-electron chi connectivity index (χ2n) is 5.24. The van der Waals surface area contributed by atoms with Crippen molar-refractivity contribution in [3.05, 3.63) is 28.8 Å². The summed E-state index contributed by atoms with van der Waals surface area (Å²) in [6.07, 6.45) is -0.861. The molecule has 5 nitrogen and oxygen atoms in total. The number of aromatic hydroxyl groups is 3. The zero-order valence-corrected chi connectivity index (χ0v) is 10.8. The summed E-state index contributed by atoms with van der Waals surface area (Å²) in [5.41, 5.74) is 0.954. The molecule has 104 valence electrons.